The molecule has 0 saturated carbocycles. The van der Waals surface area contributed by atoms with Crippen molar-refractivity contribution in [3.8, 4) is 5.75 Å². The van der Waals surface area contributed by atoms with Gasteiger partial charge in [-0.1, -0.05) is 17.7 Å². The number of methoxy groups -OCH3 is 2. The summed E-state index contributed by atoms with van der Waals surface area (Å²) in [6.07, 6.45) is 6.29. The van der Waals surface area contributed by atoms with Crippen molar-refractivity contribution in [1.82, 2.24) is 14.9 Å². The van der Waals surface area contributed by atoms with E-state index < -0.39 is 11.6 Å². The zero-order chi connectivity index (χ0) is 27.1. The van der Waals surface area contributed by atoms with Crippen molar-refractivity contribution in [1.29, 1.82) is 0 Å². The number of hydrogen-bond acceptors (Lipinski definition) is 8. The minimum Gasteiger partial charge on any atom is -0.494 e. The molecule has 202 valence electrons. The predicted molar refractivity (Wildman–Crippen MR) is 146 cm³/mol. The van der Waals surface area contributed by atoms with Crippen molar-refractivity contribution in [3.05, 3.63) is 59.7 Å². The van der Waals surface area contributed by atoms with Gasteiger partial charge in [-0.15, -0.1) is 0 Å². The largest absolute Gasteiger partial charge is 0.494 e. The van der Waals surface area contributed by atoms with Crippen LogP contribution in [-0.4, -0.2) is 67.0 Å². The molecule has 1 saturated heterocycles. The van der Waals surface area contributed by atoms with E-state index in [2.05, 4.69) is 25.5 Å². The number of amides is 1. The molecule has 0 atom stereocenters. The fourth-order valence-electron chi connectivity index (χ4n) is 4.39. The van der Waals surface area contributed by atoms with E-state index in [0.717, 1.165) is 25.9 Å². The topological polar surface area (TPSA) is 97.8 Å². The highest BCUT2D eigenvalue weighted by molar-refractivity contribution is 6.31. The molecule has 2 heterocycles. The first-order valence-corrected chi connectivity index (χ1v) is 12.7. The summed E-state index contributed by atoms with van der Waals surface area (Å²) in [5, 5.41) is 6.63. The molecule has 1 aliphatic rings. The van der Waals surface area contributed by atoms with Crippen LogP contribution >= 0.6 is 11.6 Å². The molecule has 0 aliphatic carbocycles. The highest BCUT2D eigenvalue weighted by atomic mass is 35.5. The minimum absolute atomic E-state index is 0.00774. The number of fused-ring (bicyclic) bond motifs is 1. The molecule has 2 aromatic carbocycles. The van der Waals surface area contributed by atoms with E-state index >= 15 is 0 Å². The van der Waals surface area contributed by atoms with Crippen LogP contribution < -0.4 is 15.4 Å². The van der Waals surface area contributed by atoms with Crippen LogP contribution in [0.25, 0.3) is 10.9 Å². The van der Waals surface area contributed by atoms with Gasteiger partial charge in [-0.25, -0.2) is 14.4 Å². The van der Waals surface area contributed by atoms with Gasteiger partial charge in [-0.2, -0.15) is 0 Å². The molecular weight excluding hydrogens is 513 g/mol. The number of nitrogens with zero attached hydrogens (tertiary/aromatic N) is 3. The lowest BCUT2D eigenvalue weighted by atomic mass is 10.0. The molecule has 0 bridgehead atoms. The minimum atomic E-state index is -0.515. The lowest BCUT2D eigenvalue weighted by Crippen LogP contribution is -2.47. The first-order chi connectivity index (χ1) is 18.4. The monoisotopic (exact) mass is 543 g/mol. The molecule has 1 aliphatic heterocycles. The second kappa shape index (κ2) is 12.5. The molecular formula is C27H31ClFN5O4. The van der Waals surface area contributed by atoms with Gasteiger partial charge in [0.1, 0.15) is 23.7 Å². The maximum atomic E-state index is 13.6. The number of rotatable bonds is 10. The van der Waals surface area contributed by atoms with E-state index in [-0.39, 0.29) is 10.9 Å². The molecule has 11 heteroatoms. The van der Waals surface area contributed by atoms with Gasteiger partial charge in [-0.05, 0) is 31.2 Å². The number of ether oxygens (including phenoxy) is 3. The summed E-state index contributed by atoms with van der Waals surface area (Å²) in [6, 6.07) is 7.74. The van der Waals surface area contributed by atoms with Crippen molar-refractivity contribution in [2.24, 2.45) is 0 Å². The molecule has 0 radical (unpaired) electrons. The number of likely N-dealkylation sites (tertiary alicyclic amines) is 1. The van der Waals surface area contributed by atoms with Crippen LogP contribution in [0.5, 0.6) is 5.75 Å². The van der Waals surface area contributed by atoms with Crippen LogP contribution in [0.4, 0.5) is 21.6 Å². The highest BCUT2D eigenvalue weighted by Gasteiger charge is 2.34. The summed E-state index contributed by atoms with van der Waals surface area (Å²) >= 11 is 5.91. The van der Waals surface area contributed by atoms with E-state index in [4.69, 9.17) is 25.8 Å². The lowest BCUT2D eigenvalue weighted by Gasteiger charge is -2.40. The Kier molecular flexibility index (Phi) is 9.11. The number of aromatic nitrogens is 2. The average molecular weight is 544 g/mol. The normalized spacial score (nSPS) is 15.6. The fourth-order valence-corrected chi connectivity index (χ4v) is 4.57. The average Bonchev–Trinajstić information content (AvgIpc) is 2.92. The third-order valence-corrected chi connectivity index (χ3v) is 6.72. The van der Waals surface area contributed by atoms with Crippen LogP contribution in [0, 0.1) is 5.82 Å². The van der Waals surface area contributed by atoms with Crippen LogP contribution in [0.2, 0.25) is 5.02 Å². The van der Waals surface area contributed by atoms with Gasteiger partial charge in [0.2, 0.25) is 5.91 Å². The summed E-state index contributed by atoms with van der Waals surface area (Å²) in [6.45, 7) is 4.83. The van der Waals surface area contributed by atoms with E-state index in [1.165, 1.54) is 31.6 Å². The van der Waals surface area contributed by atoms with Crippen LogP contribution in [0.1, 0.15) is 19.8 Å². The van der Waals surface area contributed by atoms with Gasteiger partial charge >= 0.3 is 0 Å². The zero-order valence-electron chi connectivity index (χ0n) is 21.6. The molecule has 9 nitrogen and oxygen atoms in total. The molecule has 1 amide bonds. The first-order valence-electron chi connectivity index (χ1n) is 12.3. The number of carbonyl (C=O) groups excluding carboxylic acids is 1. The molecule has 1 fully saturated rings. The molecule has 0 spiro atoms. The Labute approximate surface area is 225 Å². The number of benzene rings is 2. The summed E-state index contributed by atoms with van der Waals surface area (Å²) in [5.41, 5.74) is 1.62. The third kappa shape index (κ3) is 6.57. The number of halogens is 2. The number of hydrogen-bond donors (Lipinski definition) is 2. The fraction of sp³-hybridized carbons (Fsp3) is 0.370. The van der Waals surface area contributed by atoms with Crippen LogP contribution in [-0.2, 0) is 14.3 Å². The molecule has 38 heavy (non-hydrogen) atoms. The number of piperidine rings is 1. The van der Waals surface area contributed by atoms with Gasteiger partial charge in [-0.3, -0.25) is 9.69 Å². The number of carbonyl (C=O) groups is 1. The Morgan fingerprint density at radius 1 is 1.21 bits per heavy atom. The van der Waals surface area contributed by atoms with E-state index in [9.17, 15) is 9.18 Å². The summed E-state index contributed by atoms with van der Waals surface area (Å²) < 4.78 is 30.4. The Bertz CT molecular complexity index is 1310. The second-order valence-electron chi connectivity index (χ2n) is 8.79. The SMILES string of the molecule is CCOC1(OC)CCN(CC=CC(=O)Nc2cc3c(Nc4ccc(F)c(Cl)c4)ncnc3cc2OC)CC1. The van der Waals surface area contributed by atoms with Crippen molar-refractivity contribution in [2.45, 2.75) is 25.6 Å². The van der Waals surface area contributed by atoms with Crippen LogP contribution in [0.15, 0.2) is 48.8 Å². The number of nitrogens with one attached hydrogen (secondary N) is 2. The van der Waals surface area contributed by atoms with E-state index in [0.29, 0.717) is 47.0 Å². The highest BCUT2D eigenvalue weighted by Crippen LogP contribution is 2.33. The maximum absolute atomic E-state index is 13.6. The second-order valence-corrected chi connectivity index (χ2v) is 9.19. The third-order valence-electron chi connectivity index (χ3n) is 6.43. The lowest BCUT2D eigenvalue weighted by molar-refractivity contribution is -0.241. The Morgan fingerprint density at radius 2 is 2.00 bits per heavy atom. The Balaban J connectivity index is 1.44. The van der Waals surface area contributed by atoms with Crippen molar-refractivity contribution >= 4 is 45.6 Å². The first kappa shape index (κ1) is 27.7. The van der Waals surface area contributed by atoms with Crippen molar-refractivity contribution in [3.63, 3.8) is 0 Å². The van der Waals surface area contributed by atoms with Gasteiger partial charge in [0.25, 0.3) is 0 Å². The predicted octanol–water partition coefficient (Wildman–Crippen LogP) is 5.14. The molecule has 3 aromatic rings. The molecule has 2 N–H and O–H groups in total. The zero-order valence-corrected chi connectivity index (χ0v) is 22.3. The Hall–Kier alpha value is -3.31. The van der Waals surface area contributed by atoms with Gasteiger partial charge < -0.3 is 24.8 Å². The summed E-state index contributed by atoms with van der Waals surface area (Å²) in [4.78, 5) is 23.6. The van der Waals surface area contributed by atoms with Gasteiger partial charge in [0, 0.05) is 69.4 Å². The maximum Gasteiger partial charge on any atom is 0.248 e. The summed E-state index contributed by atoms with van der Waals surface area (Å²) in [7, 11) is 3.20. The van der Waals surface area contributed by atoms with Gasteiger partial charge in [0.15, 0.2) is 5.79 Å². The quantitative estimate of drug-likeness (QED) is 0.268. The molecule has 0 unspecified atom stereocenters. The van der Waals surface area contributed by atoms with Crippen LogP contribution in [0.3, 0.4) is 0 Å². The van der Waals surface area contributed by atoms with E-state index in [1.807, 2.05) is 13.0 Å². The molecule has 4 rings (SSSR count). The number of anilines is 3. The molecule has 1 aromatic heterocycles. The summed E-state index contributed by atoms with van der Waals surface area (Å²) in [5.74, 6) is -0.398. The standard InChI is InChI=1S/C27H31ClFN5O4/c1-4-38-27(37-3)9-12-34(13-10-27)11-5-6-25(35)33-23-15-19-22(16-24(23)36-2)30-17-31-26(19)32-18-7-8-21(29)20(28)14-18/h5-8,14-17H,4,9-13H2,1-3H3,(H,33,35)(H,30,31,32). The smallest absolute Gasteiger partial charge is 0.248 e. The Morgan fingerprint density at radius 3 is 2.68 bits per heavy atom. The van der Waals surface area contributed by atoms with E-state index in [1.54, 1.807) is 25.3 Å². The van der Waals surface area contributed by atoms with Crippen molar-refractivity contribution < 1.29 is 23.4 Å². The van der Waals surface area contributed by atoms with Gasteiger partial charge in [0.05, 0.1) is 23.3 Å². The van der Waals surface area contributed by atoms with Crippen molar-refractivity contribution in [2.75, 3.05) is 51.1 Å².